The molecule has 0 saturated carbocycles. The van der Waals surface area contributed by atoms with E-state index in [4.69, 9.17) is 11.6 Å². The molecule has 2 rings (SSSR count). The monoisotopic (exact) mass is 247 g/mol. The Morgan fingerprint density at radius 2 is 1.71 bits per heavy atom. The van der Waals surface area contributed by atoms with Gasteiger partial charge in [0.2, 0.25) is 0 Å². The molecule has 1 aromatic heterocycles. The highest BCUT2D eigenvalue weighted by Crippen LogP contribution is 2.11. The summed E-state index contributed by atoms with van der Waals surface area (Å²) in [6.45, 7) is 0.793. The highest BCUT2D eigenvalue weighted by Gasteiger charge is 2.00. The quantitative estimate of drug-likeness (QED) is 0.902. The number of rotatable bonds is 4. The van der Waals surface area contributed by atoms with Crippen LogP contribution in [0.1, 0.15) is 17.0 Å². The van der Waals surface area contributed by atoms with Crippen LogP contribution in [0.5, 0.6) is 0 Å². The Morgan fingerprint density at radius 3 is 2.29 bits per heavy atom. The highest BCUT2D eigenvalue weighted by molar-refractivity contribution is 6.30. The minimum absolute atomic E-state index is 0.733. The van der Waals surface area contributed by atoms with Crippen molar-refractivity contribution < 1.29 is 0 Å². The predicted octanol–water partition coefficient (Wildman–Crippen LogP) is 2.44. The molecule has 0 unspecified atom stereocenters. The number of nitrogens with zero attached hydrogens (tertiary/aromatic N) is 2. The molecule has 88 valence electrons. The lowest BCUT2D eigenvalue weighted by Gasteiger charge is -2.02. The number of halogens is 1. The van der Waals surface area contributed by atoms with Crippen molar-refractivity contribution in [2.75, 3.05) is 7.05 Å². The van der Waals surface area contributed by atoms with Crippen molar-refractivity contribution in [1.82, 2.24) is 15.3 Å². The average Bonchev–Trinajstić information content (AvgIpc) is 2.35. The molecule has 0 aliphatic carbocycles. The standard InChI is InChI=1S/C13H14ClN3/c1-15-7-11-8-16-13(17-9-11)6-10-2-4-12(14)5-3-10/h2-5,8-9,15H,6-7H2,1H3. The molecule has 0 bridgehead atoms. The number of hydrogen-bond acceptors (Lipinski definition) is 3. The Kier molecular flexibility index (Phi) is 4.07. The molecule has 0 amide bonds. The average molecular weight is 248 g/mol. The molecule has 17 heavy (non-hydrogen) atoms. The maximum absolute atomic E-state index is 5.83. The van der Waals surface area contributed by atoms with E-state index in [0.29, 0.717) is 0 Å². The number of nitrogens with one attached hydrogen (secondary N) is 1. The molecule has 1 N–H and O–H groups in total. The van der Waals surface area contributed by atoms with Gasteiger partial charge in [0.1, 0.15) is 5.82 Å². The van der Waals surface area contributed by atoms with Crippen LogP contribution in [0.4, 0.5) is 0 Å². The Labute approximate surface area is 106 Å². The van der Waals surface area contributed by atoms with Crippen LogP contribution in [-0.2, 0) is 13.0 Å². The van der Waals surface area contributed by atoms with Gasteiger partial charge in [-0.3, -0.25) is 0 Å². The molecule has 0 spiro atoms. The summed E-state index contributed by atoms with van der Waals surface area (Å²) in [5, 5.41) is 3.81. The fourth-order valence-electron chi connectivity index (χ4n) is 1.55. The van der Waals surface area contributed by atoms with Crippen molar-refractivity contribution in [2.45, 2.75) is 13.0 Å². The summed E-state index contributed by atoms with van der Waals surface area (Å²) in [6, 6.07) is 7.75. The van der Waals surface area contributed by atoms with Crippen LogP contribution in [0.2, 0.25) is 5.02 Å². The lowest BCUT2D eigenvalue weighted by molar-refractivity contribution is 0.798. The first kappa shape index (κ1) is 12.0. The van der Waals surface area contributed by atoms with E-state index >= 15 is 0 Å². The topological polar surface area (TPSA) is 37.8 Å². The van der Waals surface area contributed by atoms with Crippen LogP contribution in [-0.4, -0.2) is 17.0 Å². The van der Waals surface area contributed by atoms with E-state index in [9.17, 15) is 0 Å². The maximum atomic E-state index is 5.83. The van der Waals surface area contributed by atoms with E-state index in [1.54, 1.807) is 0 Å². The van der Waals surface area contributed by atoms with Crippen molar-refractivity contribution in [3.63, 3.8) is 0 Å². The highest BCUT2D eigenvalue weighted by atomic mass is 35.5. The minimum atomic E-state index is 0.733. The van der Waals surface area contributed by atoms with Crippen LogP contribution >= 0.6 is 11.6 Å². The molecule has 0 aliphatic heterocycles. The van der Waals surface area contributed by atoms with Crippen molar-refractivity contribution in [3.05, 3.63) is 58.6 Å². The summed E-state index contributed by atoms with van der Waals surface area (Å²) in [4.78, 5) is 8.66. The van der Waals surface area contributed by atoms with E-state index < -0.39 is 0 Å². The van der Waals surface area contributed by atoms with Crippen molar-refractivity contribution in [3.8, 4) is 0 Å². The van der Waals surface area contributed by atoms with Gasteiger partial charge in [-0.1, -0.05) is 23.7 Å². The summed E-state index contributed by atoms with van der Waals surface area (Å²) < 4.78 is 0. The summed E-state index contributed by atoms with van der Waals surface area (Å²) >= 11 is 5.83. The molecule has 3 nitrogen and oxygen atoms in total. The molecule has 0 aliphatic rings. The zero-order valence-corrected chi connectivity index (χ0v) is 10.4. The maximum Gasteiger partial charge on any atom is 0.132 e. The first-order chi connectivity index (χ1) is 8.28. The van der Waals surface area contributed by atoms with Crippen molar-refractivity contribution in [2.24, 2.45) is 0 Å². The van der Waals surface area contributed by atoms with Crippen molar-refractivity contribution in [1.29, 1.82) is 0 Å². The molecule has 0 fully saturated rings. The normalized spacial score (nSPS) is 10.5. The van der Waals surface area contributed by atoms with Gasteiger partial charge in [0.05, 0.1) is 0 Å². The van der Waals surface area contributed by atoms with Gasteiger partial charge in [-0.2, -0.15) is 0 Å². The smallest absolute Gasteiger partial charge is 0.132 e. The molecule has 2 aromatic rings. The Balaban J connectivity index is 2.05. The van der Waals surface area contributed by atoms with Gasteiger partial charge in [-0.05, 0) is 24.7 Å². The minimum Gasteiger partial charge on any atom is -0.316 e. The predicted molar refractivity (Wildman–Crippen MR) is 69.1 cm³/mol. The second kappa shape index (κ2) is 5.75. The number of aromatic nitrogens is 2. The first-order valence-corrected chi connectivity index (χ1v) is 5.84. The van der Waals surface area contributed by atoms with Gasteiger partial charge in [0.15, 0.2) is 0 Å². The number of benzene rings is 1. The zero-order chi connectivity index (χ0) is 12.1. The van der Waals surface area contributed by atoms with Crippen molar-refractivity contribution >= 4 is 11.6 Å². The SMILES string of the molecule is CNCc1cnc(Cc2ccc(Cl)cc2)nc1. The molecule has 4 heteroatoms. The fourth-order valence-corrected chi connectivity index (χ4v) is 1.68. The first-order valence-electron chi connectivity index (χ1n) is 5.47. The van der Waals surface area contributed by atoms with Crippen LogP contribution in [0.25, 0.3) is 0 Å². The van der Waals surface area contributed by atoms with E-state index in [0.717, 1.165) is 34.9 Å². The third-order valence-corrected chi connectivity index (χ3v) is 2.67. The Hall–Kier alpha value is -1.45. The summed E-state index contributed by atoms with van der Waals surface area (Å²) in [6.07, 6.45) is 4.44. The fraction of sp³-hybridized carbons (Fsp3) is 0.231. The lowest BCUT2D eigenvalue weighted by Crippen LogP contribution is -2.07. The number of hydrogen-bond donors (Lipinski definition) is 1. The molecule has 1 aromatic carbocycles. The lowest BCUT2D eigenvalue weighted by atomic mass is 10.1. The van der Waals surface area contributed by atoms with E-state index in [-0.39, 0.29) is 0 Å². The molecular formula is C13H14ClN3. The van der Waals surface area contributed by atoms with Gasteiger partial charge < -0.3 is 5.32 Å². The zero-order valence-electron chi connectivity index (χ0n) is 9.65. The van der Waals surface area contributed by atoms with Crippen LogP contribution < -0.4 is 5.32 Å². The second-order valence-electron chi connectivity index (χ2n) is 3.84. The van der Waals surface area contributed by atoms with Crippen LogP contribution in [0.15, 0.2) is 36.7 Å². The summed E-state index contributed by atoms with van der Waals surface area (Å²) in [5.41, 5.74) is 2.25. The summed E-state index contributed by atoms with van der Waals surface area (Å²) in [5.74, 6) is 0.826. The van der Waals surface area contributed by atoms with E-state index in [2.05, 4.69) is 15.3 Å². The Morgan fingerprint density at radius 1 is 1.06 bits per heavy atom. The molecule has 0 atom stereocenters. The van der Waals surface area contributed by atoms with Crippen LogP contribution in [0.3, 0.4) is 0 Å². The van der Waals surface area contributed by atoms with E-state index in [1.165, 1.54) is 0 Å². The molecular weight excluding hydrogens is 234 g/mol. The Bertz CT molecular complexity index is 465. The second-order valence-corrected chi connectivity index (χ2v) is 4.28. The summed E-state index contributed by atoms with van der Waals surface area (Å²) in [7, 11) is 1.90. The van der Waals surface area contributed by atoms with Gasteiger partial charge in [0.25, 0.3) is 0 Å². The van der Waals surface area contributed by atoms with E-state index in [1.807, 2.05) is 43.7 Å². The molecule has 0 saturated heterocycles. The van der Waals surface area contributed by atoms with Gasteiger partial charge in [-0.15, -0.1) is 0 Å². The largest absolute Gasteiger partial charge is 0.316 e. The van der Waals surface area contributed by atoms with Crippen LogP contribution in [0, 0.1) is 0 Å². The third-order valence-electron chi connectivity index (χ3n) is 2.42. The molecule has 0 radical (unpaired) electrons. The third kappa shape index (κ3) is 3.51. The van der Waals surface area contributed by atoms with Gasteiger partial charge >= 0.3 is 0 Å². The van der Waals surface area contributed by atoms with Gasteiger partial charge in [-0.25, -0.2) is 9.97 Å². The molecule has 1 heterocycles. The van der Waals surface area contributed by atoms with Gasteiger partial charge in [0, 0.05) is 35.9 Å².